The van der Waals surface area contributed by atoms with Gasteiger partial charge in [0.1, 0.15) is 23.7 Å². The van der Waals surface area contributed by atoms with Crippen LogP contribution in [-0.4, -0.2) is 120 Å². The number of ether oxygens (including phenoxy) is 2. The Bertz CT molecular complexity index is 2610. The van der Waals surface area contributed by atoms with Gasteiger partial charge in [-0.05, 0) is 54.9 Å². The molecule has 0 radical (unpaired) electrons. The van der Waals surface area contributed by atoms with Crippen molar-refractivity contribution in [3.63, 3.8) is 0 Å². The van der Waals surface area contributed by atoms with Crippen LogP contribution < -0.4 is 5.32 Å². The van der Waals surface area contributed by atoms with E-state index in [1.165, 1.54) is 14.2 Å². The van der Waals surface area contributed by atoms with Gasteiger partial charge < -0.3 is 39.7 Å². The van der Waals surface area contributed by atoms with Crippen LogP contribution in [0.5, 0.6) is 0 Å². The van der Waals surface area contributed by atoms with E-state index in [9.17, 15) is 24.3 Å². The number of aromatic nitrogens is 6. The molecular formula is C47H52N10O7. The number of nitrogens with zero attached hydrogens (tertiary/aromatic N) is 7. The van der Waals surface area contributed by atoms with Crippen LogP contribution in [-0.2, 0) is 25.7 Å². The molecule has 0 spiro atoms. The van der Waals surface area contributed by atoms with Gasteiger partial charge in [0.15, 0.2) is 0 Å². The second-order valence-electron chi connectivity index (χ2n) is 16.6. The Morgan fingerprint density at radius 2 is 1.41 bits per heavy atom. The second kappa shape index (κ2) is 19.1. The molecule has 6 aromatic rings. The van der Waals surface area contributed by atoms with E-state index >= 15 is 0 Å². The molecule has 0 bridgehead atoms. The molecule has 3 aromatic heterocycles. The van der Waals surface area contributed by atoms with E-state index in [4.69, 9.17) is 24.4 Å². The number of likely N-dealkylation sites (tertiary alicyclic amines) is 2. The van der Waals surface area contributed by atoms with Crippen molar-refractivity contribution in [3.8, 4) is 33.8 Å². The van der Waals surface area contributed by atoms with E-state index in [1.54, 1.807) is 28.4 Å². The lowest BCUT2D eigenvalue weighted by Gasteiger charge is -2.33. The molecule has 0 saturated carbocycles. The van der Waals surface area contributed by atoms with Crippen molar-refractivity contribution in [2.24, 2.45) is 5.92 Å². The summed E-state index contributed by atoms with van der Waals surface area (Å²) in [5.74, 6) is 0.652. The van der Waals surface area contributed by atoms with E-state index in [0.717, 1.165) is 63.3 Å². The van der Waals surface area contributed by atoms with Gasteiger partial charge in [-0.25, -0.2) is 24.5 Å². The second-order valence-corrected chi connectivity index (χ2v) is 16.6. The molecule has 4 N–H and O–H groups in total. The van der Waals surface area contributed by atoms with Crippen LogP contribution >= 0.6 is 0 Å². The highest BCUT2D eigenvalue weighted by Crippen LogP contribution is 2.35. The van der Waals surface area contributed by atoms with Crippen molar-refractivity contribution in [2.75, 3.05) is 33.9 Å². The summed E-state index contributed by atoms with van der Waals surface area (Å²) in [5, 5.41) is 12.3. The number of carbonyl (C=O) groups is 4. The standard InChI is InChI=1S/C47H52N10O7/c1-28(2)41(55(3)47(61)62)45(59)57-21-9-13-40(57)43-49-24-36(52-43)31-16-14-30(15-17-31)35-23-48-34-22-32(18-19-33(34)51-35)37-25-50-42(53-37)39-12-8-20-56(39)44(58)38(54-46(60)63-4)27-64-26-29-10-6-5-7-11-29/h5-7,10-11,14-19,22-25,28,38-41H,8-9,12-13,20-21,26-27H2,1-4H3,(H,49,52)(H,50,53)(H,54,60)(H,61,62)/t38-,39+,40+,41?/m1/s1. The lowest BCUT2D eigenvalue weighted by Crippen LogP contribution is -2.51. The molecule has 4 amide bonds. The molecule has 2 saturated heterocycles. The van der Waals surface area contributed by atoms with Gasteiger partial charge in [-0.1, -0.05) is 74.5 Å². The van der Waals surface area contributed by atoms with Crippen LogP contribution in [0.15, 0.2) is 91.4 Å². The zero-order valence-electron chi connectivity index (χ0n) is 36.2. The summed E-state index contributed by atoms with van der Waals surface area (Å²) in [6.45, 7) is 5.04. The average Bonchev–Trinajstić information content (AvgIpc) is 4.16. The molecule has 3 aromatic carbocycles. The number of aromatic amines is 2. The first-order valence-electron chi connectivity index (χ1n) is 21.5. The van der Waals surface area contributed by atoms with Gasteiger partial charge in [-0.15, -0.1) is 0 Å². The number of amides is 4. The van der Waals surface area contributed by atoms with Gasteiger partial charge in [0.05, 0.1) is 79.1 Å². The van der Waals surface area contributed by atoms with E-state index in [-0.39, 0.29) is 36.4 Å². The van der Waals surface area contributed by atoms with Crippen molar-refractivity contribution < 1.29 is 33.8 Å². The number of methoxy groups -OCH3 is 1. The smallest absolute Gasteiger partial charge is 0.407 e. The summed E-state index contributed by atoms with van der Waals surface area (Å²) in [7, 11) is 2.70. The van der Waals surface area contributed by atoms with Crippen LogP contribution in [0.3, 0.4) is 0 Å². The number of nitrogens with one attached hydrogen (secondary N) is 3. The normalized spacial score (nSPS) is 17.1. The number of H-pyrrole nitrogens is 2. The maximum Gasteiger partial charge on any atom is 0.407 e. The monoisotopic (exact) mass is 868 g/mol. The molecule has 17 nitrogen and oxygen atoms in total. The van der Waals surface area contributed by atoms with Gasteiger partial charge in [0.25, 0.3) is 0 Å². The molecule has 4 atom stereocenters. The molecule has 332 valence electrons. The fourth-order valence-electron chi connectivity index (χ4n) is 8.70. The highest BCUT2D eigenvalue weighted by Gasteiger charge is 2.40. The topological polar surface area (TPSA) is 212 Å². The minimum absolute atomic E-state index is 0.0185. The summed E-state index contributed by atoms with van der Waals surface area (Å²) in [6.07, 6.45) is 6.44. The third-order valence-electron chi connectivity index (χ3n) is 12.0. The van der Waals surface area contributed by atoms with Crippen LogP contribution in [0.2, 0.25) is 0 Å². The Labute approximate surface area is 370 Å². The maximum atomic E-state index is 13.9. The summed E-state index contributed by atoms with van der Waals surface area (Å²) in [5.41, 5.74) is 7.34. The van der Waals surface area contributed by atoms with Gasteiger partial charge >= 0.3 is 12.2 Å². The number of alkyl carbamates (subject to hydrolysis) is 1. The number of fused-ring (bicyclic) bond motifs is 1. The zero-order valence-corrected chi connectivity index (χ0v) is 36.2. The summed E-state index contributed by atoms with van der Waals surface area (Å²) in [4.78, 5) is 82.0. The molecule has 64 heavy (non-hydrogen) atoms. The van der Waals surface area contributed by atoms with Crippen molar-refractivity contribution >= 4 is 35.0 Å². The Hall–Kier alpha value is -7.14. The molecular weight excluding hydrogens is 817 g/mol. The van der Waals surface area contributed by atoms with Gasteiger partial charge in [-0.2, -0.15) is 0 Å². The third-order valence-corrected chi connectivity index (χ3v) is 12.0. The number of carbonyl (C=O) groups excluding carboxylic acids is 3. The van der Waals surface area contributed by atoms with E-state index in [0.29, 0.717) is 49.0 Å². The van der Waals surface area contributed by atoms with E-state index < -0.39 is 24.3 Å². The first kappa shape index (κ1) is 43.5. The molecule has 2 aliphatic rings. The van der Waals surface area contributed by atoms with Crippen LogP contribution in [0.25, 0.3) is 44.8 Å². The summed E-state index contributed by atoms with van der Waals surface area (Å²) in [6, 6.07) is 21.1. The number of benzene rings is 3. The highest BCUT2D eigenvalue weighted by molar-refractivity contribution is 5.87. The van der Waals surface area contributed by atoms with E-state index in [1.807, 2.05) is 86.6 Å². The minimum atomic E-state index is -1.13. The van der Waals surface area contributed by atoms with Crippen molar-refractivity contribution in [1.82, 2.24) is 49.9 Å². The molecule has 0 aliphatic carbocycles. The highest BCUT2D eigenvalue weighted by atomic mass is 16.5. The Morgan fingerprint density at radius 3 is 2.03 bits per heavy atom. The third kappa shape index (κ3) is 9.29. The first-order chi connectivity index (χ1) is 31.0. The minimum Gasteiger partial charge on any atom is -0.465 e. The quantitative estimate of drug-likeness (QED) is 0.0877. The average molecular weight is 869 g/mol. The van der Waals surface area contributed by atoms with Crippen LogP contribution in [0, 0.1) is 5.92 Å². The zero-order chi connectivity index (χ0) is 44.9. The predicted octanol–water partition coefficient (Wildman–Crippen LogP) is 6.98. The van der Waals surface area contributed by atoms with Gasteiger partial charge in [0.2, 0.25) is 11.8 Å². The Balaban J connectivity index is 0.923. The molecule has 8 rings (SSSR count). The van der Waals surface area contributed by atoms with Crippen LogP contribution in [0.4, 0.5) is 9.59 Å². The van der Waals surface area contributed by atoms with Crippen LogP contribution in [0.1, 0.15) is 68.8 Å². The van der Waals surface area contributed by atoms with Crippen molar-refractivity contribution in [2.45, 2.75) is 70.3 Å². The largest absolute Gasteiger partial charge is 0.465 e. The summed E-state index contributed by atoms with van der Waals surface area (Å²) >= 11 is 0. The number of carboxylic acid groups (broad SMARTS) is 1. The first-order valence-corrected chi connectivity index (χ1v) is 21.5. The molecule has 1 unspecified atom stereocenters. The number of imidazole rings is 2. The fraction of sp³-hybridized carbons (Fsp3) is 0.362. The molecule has 2 fully saturated rings. The van der Waals surface area contributed by atoms with Crippen molar-refractivity contribution in [3.05, 3.63) is 109 Å². The number of rotatable bonds is 14. The number of hydrogen-bond acceptors (Lipinski definition) is 10. The Kier molecular flexibility index (Phi) is 13.0. The van der Waals surface area contributed by atoms with Gasteiger partial charge in [0, 0.05) is 31.3 Å². The number of hydrogen-bond donors (Lipinski definition) is 4. The SMILES string of the molecule is COC(=O)N[C@H](COCc1ccccc1)C(=O)N1CCC[C@H]1c1ncc(-c2ccc3nc(-c4ccc(-c5cnc([C@@H]6CCCN6C(=O)C(C(C)C)N(C)C(=O)O)[nH]5)cc4)cnc3c2)[nH]1. The van der Waals surface area contributed by atoms with Crippen molar-refractivity contribution in [1.29, 1.82) is 0 Å². The molecule has 17 heteroatoms. The summed E-state index contributed by atoms with van der Waals surface area (Å²) < 4.78 is 10.7. The number of likely N-dealkylation sites (N-methyl/N-ethyl adjacent to an activating group) is 1. The maximum absolute atomic E-state index is 13.9. The van der Waals surface area contributed by atoms with E-state index in [2.05, 4.69) is 20.3 Å². The predicted molar refractivity (Wildman–Crippen MR) is 237 cm³/mol. The lowest BCUT2D eigenvalue weighted by atomic mass is 10.0. The molecule has 2 aliphatic heterocycles. The Morgan fingerprint density at radius 1 is 0.797 bits per heavy atom. The van der Waals surface area contributed by atoms with Gasteiger partial charge in [-0.3, -0.25) is 19.5 Å². The molecule has 5 heterocycles. The fourth-order valence-corrected chi connectivity index (χ4v) is 8.70. The lowest BCUT2D eigenvalue weighted by molar-refractivity contribution is -0.138.